The molecule has 7 nitrogen and oxygen atoms in total. The number of benzene rings is 2. The maximum absolute atomic E-state index is 12.8. The van der Waals surface area contributed by atoms with Crippen molar-refractivity contribution in [3.63, 3.8) is 0 Å². The van der Waals surface area contributed by atoms with Crippen LogP contribution in [-0.2, 0) is 10.0 Å². The lowest BCUT2D eigenvalue weighted by molar-refractivity contribution is 0.0746. The van der Waals surface area contributed by atoms with E-state index in [1.807, 2.05) is 35.2 Å². The Morgan fingerprint density at radius 2 is 1.62 bits per heavy atom. The lowest BCUT2D eigenvalue weighted by Crippen LogP contribution is -2.49. The SMILES string of the molecule is CS(=O)(=O)Nc1ccc(C(=O)N2CCN(c3ccc4ccccc4n3)CC2)cc1. The first-order chi connectivity index (χ1) is 13.9. The smallest absolute Gasteiger partial charge is 0.253 e. The number of amides is 1. The summed E-state index contributed by atoms with van der Waals surface area (Å²) in [6.45, 7) is 2.64. The number of fused-ring (bicyclic) bond motifs is 1. The van der Waals surface area contributed by atoms with Gasteiger partial charge in [0.2, 0.25) is 10.0 Å². The monoisotopic (exact) mass is 410 g/mol. The minimum Gasteiger partial charge on any atom is -0.353 e. The molecule has 1 saturated heterocycles. The second-order valence-electron chi connectivity index (χ2n) is 7.09. The van der Waals surface area contributed by atoms with Gasteiger partial charge in [0.1, 0.15) is 5.82 Å². The number of carbonyl (C=O) groups is 1. The van der Waals surface area contributed by atoms with Crippen LogP contribution in [0.15, 0.2) is 60.7 Å². The molecule has 0 unspecified atom stereocenters. The maximum Gasteiger partial charge on any atom is 0.253 e. The van der Waals surface area contributed by atoms with E-state index < -0.39 is 10.0 Å². The van der Waals surface area contributed by atoms with E-state index in [9.17, 15) is 13.2 Å². The van der Waals surface area contributed by atoms with Crippen LogP contribution in [-0.4, -0.2) is 56.6 Å². The average molecular weight is 410 g/mol. The van der Waals surface area contributed by atoms with Gasteiger partial charge in [0, 0.05) is 42.8 Å². The Morgan fingerprint density at radius 3 is 2.31 bits per heavy atom. The number of carbonyl (C=O) groups excluding carboxylic acids is 1. The van der Waals surface area contributed by atoms with E-state index in [0.29, 0.717) is 37.4 Å². The third kappa shape index (κ3) is 4.48. The first-order valence-corrected chi connectivity index (χ1v) is 11.3. The number of hydrogen-bond acceptors (Lipinski definition) is 5. The van der Waals surface area contributed by atoms with Gasteiger partial charge in [-0.05, 0) is 42.5 Å². The molecule has 29 heavy (non-hydrogen) atoms. The van der Waals surface area contributed by atoms with Crippen molar-refractivity contribution >= 4 is 38.3 Å². The van der Waals surface area contributed by atoms with Crippen molar-refractivity contribution in [2.24, 2.45) is 0 Å². The van der Waals surface area contributed by atoms with Gasteiger partial charge in [-0.3, -0.25) is 9.52 Å². The predicted molar refractivity (Wildman–Crippen MR) is 115 cm³/mol. The Kier molecular flexibility index (Phi) is 5.10. The lowest BCUT2D eigenvalue weighted by atomic mass is 10.1. The number of sulfonamides is 1. The molecule has 0 aliphatic carbocycles. The van der Waals surface area contributed by atoms with E-state index in [-0.39, 0.29) is 5.91 Å². The molecule has 2 heterocycles. The topological polar surface area (TPSA) is 82.6 Å². The van der Waals surface area contributed by atoms with Crippen LogP contribution in [0.4, 0.5) is 11.5 Å². The van der Waals surface area contributed by atoms with Gasteiger partial charge in [0.25, 0.3) is 5.91 Å². The van der Waals surface area contributed by atoms with Crippen LogP contribution in [0.3, 0.4) is 0 Å². The fourth-order valence-electron chi connectivity index (χ4n) is 3.45. The summed E-state index contributed by atoms with van der Waals surface area (Å²) in [6, 6.07) is 18.6. The average Bonchev–Trinajstić information content (AvgIpc) is 2.72. The van der Waals surface area contributed by atoms with Crippen molar-refractivity contribution in [2.45, 2.75) is 0 Å². The summed E-state index contributed by atoms with van der Waals surface area (Å²) in [5, 5.41) is 1.11. The molecular formula is C21H22N4O3S. The van der Waals surface area contributed by atoms with Crippen LogP contribution in [0.25, 0.3) is 10.9 Å². The van der Waals surface area contributed by atoms with Crippen molar-refractivity contribution in [1.29, 1.82) is 0 Å². The van der Waals surface area contributed by atoms with Gasteiger partial charge in [-0.25, -0.2) is 13.4 Å². The molecule has 1 fully saturated rings. The minimum atomic E-state index is -3.33. The molecule has 4 rings (SSSR count). The van der Waals surface area contributed by atoms with E-state index in [2.05, 4.69) is 15.7 Å². The molecule has 0 atom stereocenters. The van der Waals surface area contributed by atoms with Crippen LogP contribution in [0.1, 0.15) is 10.4 Å². The zero-order valence-electron chi connectivity index (χ0n) is 16.1. The summed E-state index contributed by atoms with van der Waals surface area (Å²) >= 11 is 0. The van der Waals surface area contributed by atoms with Gasteiger partial charge in [-0.15, -0.1) is 0 Å². The largest absolute Gasteiger partial charge is 0.353 e. The van der Waals surface area contributed by atoms with Gasteiger partial charge in [-0.2, -0.15) is 0 Å². The number of hydrogen-bond donors (Lipinski definition) is 1. The molecule has 1 amide bonds. The molecule has 8 heteroatoms. The standard InChI is InChI=1S/C21H22N4O3S/c1-29(27,28)23-18-9-6-17(7-10-18)21(26)25-14-12-24(13-15-25)20-11-8-16-4-2-3-5-19(16)22-20/h2-11,23H,12-15H2,1H3. The molecule has 1 aliphatic rings. The molecule has 1 aromatic heterocycles. The number of nitrogens with zero attached hydrogens (tertiary/aromatic N) is 3. The van der Waals surface area contributed by atoms with Crippen LogP contribution in [0, 0.1) is 0 Å². The zero-order chi connectivity index (χ0) is 20.4. The quantitative estimate of drug-likeness (QED) is 0.715. The van der Waals surface area contributed by atoms with Gasteiger partial charge in [-0.1, -0.05) is 18.2 Å². The zero-order valence-corrected chi connectivity index (χ0v) is 16.9. The molecule has 150 valence electrons. The molecule has 1 N–H and O–H groups in total. The molecule has 0 spiro atoms. The molecule has 0 saturated carbocycles. The fourth-order valence-corrected chi connectivity index (χ4v) is 4.01. The normalized spacial score (nSPS) is 14.8. The van der Waals surface area contributed by atoms with Gasteiger partial charge < -0.3 is 9.80 Å². The Labute approximate surface area is 170 Å². The highest BCUT2D eigenvalue weighted by Crippen LogP contribution is 2.20. The number of pyridine rings is 1. The third-order valence-corrected chi connectivity index (χ3v) is 5.52. The maximum atomic E-state index is 12.8. The first kappa shape index (κ1) is 19.2. The van der Waals surface area contributed by atoms with Crippen molar-refractivity contribution in [3.05, 3.63) is 66.2 Å². The number of piperazine rings is 1. The van der Waals surface area contributed by atoms with Gasteiger partial charge >= 0.3 is 0 Å². The molecule has 0 bridgehead atoms. The second kappa shape index (κ2) is 7.71. The van der Waals surface area contributed by atoms with Gasteiger partial charge in [0.05, 0.1) is 11.8 Å². The predicted octanol–water partition coefficient (Wildman–Crippen LogP) is 2.57. The molecule has 2 aromatic carbocycles. The second-order valence-corrected chi connectivity index (χ2v) is 8.84. The van der Waals surface area contributed by atoms with E-state index >= 15 is 0 Å². The first-order valence-electron chi connectivity index (χ1n) is 9.37. The number of para-hydroxylation sites is 1. The van der Waals surface area contributed by atoms with Gasteiger partial charge in [0.15, 0.2) is 0 Å². The van der Waals surface area contributed by atoms with Crippen LogP contribution in [0.5, 0.6) is 0 Å². The lowest BCUT2D eigenvalue weighted by Gasteiger charge is -2.35. The summed E-state index contributed by atoms with van der Waals surface area (Å²) < 4.78 is 25.0. The minimum absolute atomic E-state index is 0.0537. The number of rotatable bonds is 4. The Morgan fingerprint density at radius 1 is 0.931 bits per heavy atom. The van der Waals surface area contributed by atoms with Crippen molar-refractivity contribution in [3.8, 4) is 0 Å². The number of anilines is 2. The summed E-state index contributed by atoms with van der Waals surface area (Å²) in [7, 11) is -3.33. The highest BCUT2D eigenvalue weighted by atomic mass is 32.2. The molecule has 1 aliphatic heterocycles. The molecule has 0 radical (unpaired) electrons. The highest BCUT2D eigenvalue weighted by Gasteiger charge is 2.23. The van der Waals surface area contributed by atoms with Crippen LogP contribution in [0.2, 0.25) is 0 Å². The van der Waals surface area contributed by atoms with Crippen molar-refractivity contribution in [2.75, 3.05) is 42.1 Å². The Bertz CT molecular complexity index is 1140. The molecular weight excluding hydrogens is 388 g/mol. The summed E-state index contributed by atoms with van der Waals surface area (Å²) in [5.74, 6) is 0.869. The van der Waals surface area contributed by atoms with Crippen molar-refractivity contribution < 1.29 is 13.2 Å². The fraction of sp³-hybridized carbons (Fsp3) is 0.238. The number of nitrogens with one attached hydrogen (secondary N) is 1. The summed E-state index contributed by atoms with van der Waals surface area (Å²) in [5.41, 5.74) is 1.95. The molecule has 3 aromatic rings. The van der Waals surface area contributed by atoms with Crippen LogP contribution >= 0.6 is 0 Å². The Balaban J connectivity index is 1.40. The summed E-state index contributed by atoms with van der Waals surface area (Å²) in [6.07, 6.45) is 1.09. The van der Waals surface area contributed by atoms with E-state index in [0.717, 1.165) is 23.0 Å². The van der Waals surface area contributed by atoms with E-state index in [1.165, 1.54) is 0 Å². The van der Waals surface area contributed by atoms with E-state index in [4.69, 9.17) is 4.98 Å². The summed E-state index contributed by atoms with van der Waals surface area (Å²) in [4.78, 5) is 21.5. The van der Waals surface area contributed by atoms with Crippen molar-refractivity contribution in [1.82, 2.24) is 9.88 Å². The third-order valence-electron chi connectivity index (χ3n) is 4.91. The highest BCUT2D eigenvalue weighted by molar-refractivity contribution is 7.92. The number of aromatic nitrogens is 1. The van der Waals surface area contributed by atoms with E-state index in [1.54, 1.807) is 24.3 Å². The Hall–Kier alpha value is -3.13. The van der Waals surface area contributed by atoms with Crippen LogP contribution < -0.4 is 9.62 Å².